The van der Waals surface area contributed by atoms with Gasteiger partial charge in [-0.1, -0.05) is 13.8 Å². The summed E-state index contributed by atoms with van der Waals surface area (Å²) in [5.74, 6) is 0.482. The highest BCUT2D eigenvalue weighted by Gasteiger charge is 2.23. The third kappa shape index (κ3) is 5.87. The minimum atomic E-state index is -3.35. The maximum Gasteiger partial charge on any atom is 0.252 e. The van der Waals surface area contributed by atoms with Gasteiger partial charge >= 0.3 is 0 Å². The van der Waals surface area contributed by atoms with Crippen LogP contribution in [0.25, 0.3) is 0 Å². The van der Waals surface area contributed by atoms with E-state index in [0.717, 1.165) is 17.7 Å². The van der Waals surface area contributed by atoms with Gasteiger partial charge in [-0.15, -0.1) is 35.3 Å². The van der Waals surface area contributed by atoms with E-state index in [-0.39, 0.29) is 24.0 Å². The highest BCUT2D eigenvalue weighted by Crippen LogP contribution is 2.25. The molecule has 1 saturated carbocycles. The molecule has 1 aliphatic carbocycles. The lowest BCUT2D eigenvalue weighted by atomic mass is 10.3. The van der Waals surface area contributed by atoms with Gasteiger partial charge in [0.05, 0.1) is 0 Å². The molecule has 132 valence electrons. The molecule has 0 spiro atoms. The first kappa shape index (κ1) is 20.7. The van der Waals surface area contributed by atoms with Crippen LogP contribution in [0, 0.1) is 0 Å². The van der Waals surface area contributed by atoms with Gasteiger partial charge < -0.3 is 11.1 Å². The molecule has 3 N–H and O–H groups in total. The average molecular weight is 472 g/mol. The predicted octanol–water partition coefficient (Wildman–Crippen LogP) is 2.01. The van der Waals surface area contributed by atoms with Crippen molar-refractivity contribution in [3.05, 3.63) is 17.0 Å². The number of guanidine groups is 1. The molecule has 0 saturated heterocycles. The van der Waals surface area contributed by atoms with E-state index in [4.69, 9.17) is 5.73 Å². The Kier molecular flexibility index (Phi) is 8.25. The molecule has 1 aliphatic rings. The summed E-state index contributed by atoms with van der Waals surface area (Å²) >= 11 is 1.32. The van der Waals surface area contributed by atoms with Crippen LogP contribution >= 0.6 is 35.3 Å². The van der Waals surface area contributed by atoms with Crippen LogP contribution in [0.2, 0.25) is 0 Å². The van der Waals surface area contributed by atoms with Crippen molar-refractivity contribution in [3.63, 3.8) is 0 Å². The maximum absolute atomic E-state index is 12.4. The molecule has 0 radical (unpaired) electrons. The number of hydrogen-bond acceptors (Lipinski definition) is 4. The summed E-state index contributed by atoms with van der Waals surface area (Å²) in [6.45, 7) is 5.23. The first-order valence-corrected chi connectivity index (χ1v) is 9.88. The Morgan fingerprint density at radius 3 is 2.61 bits per heavy atom. The van der Waals surface area contributed by atoms with Crippen molar-refractivity contribution >= 4 is 51.3 Å². The summed E-state index contributed by atoms with van der Waals surface area (Å²) in [5, 5.41) is 3.13. The summed E-state index contributed by atoms with van der Waals surface area (Å²) in [6.07, 6.45) is 3.02. The fourth-order valence-corrected chi connectivity index (χ4v) is 5.05. The van der Waals surface area contributed by atoms with E-state index in [1.54, 1.807) is 6.07 Å². The molecule has 1 fully saturated rings. The third-order valence-corrected chi connectivity index (χ3v) is 7.17. The second kappa shape index (κ2) is 9.19. The van der Waals surface area contributed by atoms with Crippen LogP contribution in [0.4, 0.5) is 0 Å². The molecule has 0 aliphatic heterocycles. The summed E-state index contributed by atoms with van der Waals surface area (Å²) < 4.78 is 26.7. The number of nitrogens with two attached hydrogens (primary N) is 1. The molecule has 23 heavy (non-hydrogen) atoms. The van der Waals surface area contributed by atoms with Crippen molar-refractivity contribution in [2.24, 2.45) is 10.7 Å². The summed E-state index contributed by atoms with van der Waals surface area (Å²) in [5.41, 5.74) is 5.77. The van der Waals surface area contributed by atoms with Gasteiger partial charge in [0.15, 0.2) is 5.96 Å². The van der Waals surface area contributed by atoms with Crippen LogP contribution in [0.5, 0.6) is 0 Å². The monoisotopic (exact) mass is 472 g/mol. The summed E-state index contributed by atoms with van der Waals surface area (Å²) in [7, 11) is -3.35. The van der Waals surface area contributed by atoms with E-state index in [0.29, 0.717) is 42.3 Å². The maximum atomic E-state index is 12.4. The normalized spacial score (nSPS) is 15.5. The predicted molar refractivity (Wildman–Crippen MR) is 106 cm³/mol. The van der Waals surface area contributed by atoms with Crippen molar-refractivity contribution in [3.8, 4) is 0 Å². The quantitative estimate of drug-likeness (QED) is 0.344. The zero-order valence-electron chi connectivity index (χ0n) is 13.5. The van der Waals surface area contributed by atoms with E-state index < -0.39 is 10.0 Å². The minimum Gasteiger partial charge on any atom is -0.370 e. The lowest BCUT2D eigenvalue weighted by Gasteiger charge is -2.16. The number of nitrogens with one attached hydrogen (secondary N) is 1. The van der Waals surface area contributed by atoms with Crippen LogP contribution < -0.4 is 11.1 Å². The van der Waals surface area contributed by atoms with Crippen molar-refractivity contribution in [2.75, 3.05) is 19.6 Å². The summed E-state index contributed by atoms with van der Waals surface area (Å²) in [6, 6.07) is 4.04. The molecular weight excluding hydrogens is 447 g/mol. The largest absolute Gasteiger partial charge is 0.370 e. The Balaban J connectivity index is 0.00000264. The molecule has 1 aromatic heterocycles. The van der Waals surface area contributed by atoms with Crippen molar-refractivity contribution in [1.29, 1.82) is 0 Å². The number of aliphatic imine (C=N–C) groups is 1. The first-order chi connectivity index (χ1) is 10.5. The Labute approximate surface area is 159 Å². The second-order valence-electron chi connectivity index (χ2n) is 5.25. The molecule has 2 rings (SSSR count). The van der Waals surface area contributed by atoms with E-state index in [1.807, 2.05) is 19.9 Å². The first-order valence-electron chi connectivity index (χ1n) is 7.62. The number of nitrogens with zero attached hydrogens (tertiary/aromatic N) is 2. The zero-order valence-corrected chi connectivity index (χ0v) is 17.5. The van der Waals surface area contributed by atoms with E-state index in [2.05, 4.69) is 10.3 Å². The van der Waals surface area contributed by atoms with Gasteiger partial charge in [0, 0.05) is 37.0 Å². The molecule has 0 unspecified atom stereocenters. The van der Waals surface area contributed by atoms with Crippen molar-refractivity contribution < 1.29 is 8.42 Å². The van der Waals surface area contributed by atoms with Crippen molar-refractivity contribution in [1.82, 2.24) is 9.62 Å². The highest BCUT2D eigenvalue weighted by molar-refractivity contribution is 14.0. The molecule has 6 nitrogen and oxygen atoms in total. The van der Waals surface area contributed by atoms with Gasteiger partial charge in [-0.25, -0.2) is 8.42 Å². The molecule has 0 atom stereocenters. The van der Waals surface area contributed by atoms with Crippen LogP contribution in [-0.4, -0.2) is 44.4 Å². The van der Waals surface area contributed by atoms with Gasteiger partial charge in [0.2, 0.25) is 0 Å². The van der Waals surface area contributed by atoms with E-state index >= 15 is 0 Å². The van der Waals surface area contributed by atoms with Gasteiger partial charge in [-0.3, -0.25) is 4.99 Å². The summed E-state index contributed by atoms with van der Waals surface area (Å²) in [4.78, 5) is 5.28. The van der Waals surface area contributed by atoms with E-state index in [1.165, 1.54) is 15.6 Å². The number of sulfonamides is 1. The van der Waals surface area contributed by atoms with Crippen molar-refractivity contribution in [2.45, 2.75) is 43.4 Å². The lowest BCUT2D eigenvalue weighted by Crippen LogP contribution is -2.33. The lowest BCUT2D eigenvalue weighted by molar-refractivity contribution is 0.447. The van der Waals surface area contributed by atoms with Gasteiger partial charge in [0.1, 0.15) is 4.21 Å². The van der Waals surface area contributed by atoms with Gasteiger partial charge in [-0.2, -0.15) is 4.31 Å². The molecule has 0 bridgehead atoms. The van der Waals surface area contributed by atoms with E-state index in [9.17, 15) is 8.42 Å². The zero-order chi connectivity index (χ0) is 16.2. The standard InChI is InChI=1S/C14H24N4O2S2.HI/c1-3-18(4-2)22(19,20)13-8-7-12(21-13)9-10-16-14(15)17-11-5-6-11;/h7-8,11H,3-6,9-10H2,1-2H3,(H3,15,16,17);1H. The highest BCUT2D eigenvalue weighted by atomic mass is 127. The van der Waals surface area contributed by atoms with Gasteiger partial charge in [-0.05, 0) is 25.0 Å². The Morgan fingerprint density at radius 1 is 1.39 bits per heavy atom. The molecular formula is C14H25IN4O2S2. The molecule has 9 heteroatoms. The van der Waals surface area contributed by atoms with Crippen LogP contribution in [0.3, 0.4) is 0 Å². The average Bonchev–Trinajstić information content (AvgIpc) is 3.14. The number of hydrogen-bond donors (Lipinski definition) is 2. The molecule has 1 heterocycles. The number of thiophene rings is 1. The minimum absolute atomic E-state index is 0. The fourth-order valence-electron chi connectivity index (χ4n) is 2.09. The topological polar surface area (TPSA) is 87.8 Å². The Morgan fingerprint density at radius 2 is 2.04 bits per heavy atom. The number of rotatable bonds is 8. The van der Waals surface area contributed by atoms with Crippen LogP contribution in [0.1, 0.15) is 31.6 Å². The van der Waals surface area contributed by atoms with Crippen LogP contribution in [0.15, 0.2) is 21.3 Å². The second-order valence-corrected chi connectivity index (χ2v) is 8.58. The molecule has 0 amide bonds. The Hall–Kier alpha value is -0.390. The third-order valence-electron chi connectivity index (χ3n) is 3.51. The number of halogens is 1. The van der Waals surface area contributed by atoms with Crippen LogP contribution in [-0.2, 0) is 16.4 Å². The molecule has 0 aromatic carbocycles. The van der Waals surface area contributed by atoms with Gasteiger partial charge in [0.25, 0.3) is 10.0 Å². The Bertz CT molecular complexity index is 622. The fraction of sp³-hybridized carbons (Fsp3) is 0.643. The SMILES string of the molecule is CCN(CC)S(=O)(=O)c1ccc(CCN=C(N)NC2CC2)s1.I. The smallest absolute Gasteiger partial charge is 0.252 e. The molecule has 1 aromatic rings.